The number of allylic oxidation sites excluding steroid dienone is 4. The zero-order chi connectivity index (χ0) is 31.1. The molecule has 0 aromatic heterocycles. The van der Waals surface area contributed by atoms with Gasteiger partial charge in [0.05, 0.1) is 24.1 Å². The highest BCUT2D eigenvalue weighted by molar-refractivity contribution is 6.31. The third-order valence-corrected chi connectivity index (χ3v) is 7.62. The Kier molecular flexibility index (Phi) is 9.67. The smallest absolute Gasteiger partial charge is 0.326 e. The molecule has 3 N–H and O–H groups in total. The largest absolute Gasteiger partial charge is 0.501 e. The molecule has 8 heteroatoms. The van der Waals surface area contributed by atoms with Crippen LogP contribution in [0.2, 0.25) is 5.02 Å². The quantitative estimate of drug-likeness (QED) is 0.159. The van der Waals surface area contributed by atoms with Crippen LogP contribution in [0.4, 0.5) is 5.69 Å². The Hall–Kier alpha value is -5.01. The van der Waals surface area contributed by atoms with Gasteiger partial charge in [0.1, 0.15) is 17.5 Å². The monoisotopic (exact) mass is 608 g/mol. The van der Waals surface area contributed by atoms with Gasteiger partial charge in [0.2, 0.25) is 0 Å². The van der Waals surface area contributed by atoms with Crippen molar-refractivity contribution in [2.45, 2.75) is 25.8 Å². The molecule has 1 unspecified atom stereocenters. The molecule has 0 bridgehead atoms. The number of para-hydroxylation sites is 2. The Bertz CT molecular complexity index is 1700. The second kappa shape index (κ2) is 14.0. The number of amides is 1. The zero-order valence-corrected chi connectivity index (χ0v) is 25.2. The van der Waals surface area contributed by atoms with Gasteiger partial charge in [-0.15, -0.1) is 0 Å². The number of halogens is 1. The van der Waals surface area contributed by atoms with Crippen molar-refractivity contribution in [1.29, 1.82) is 0 Å². The molecule has 1 aliphatic rings. The van der Waals surface area contributed by atoms with Gasteiger partial charge in [-0.1, -0.05) is 79.2 Å². The van der Waals surface area contributed by atoms with E-state index in [1.165, 1.54) is 6.07 Å². The van der Waals surface area contributed by atoms with E-state index in [0.717, 1.165) is 33.9 Å². The Labute approximate surface area is 261 Å². The minimum absolute atomic E-state index is 0.0973. The first kappa shape index (κ1) is 30.4. The van der Waals surface area contributed by atoms with Gasteiger partial charge in [-0.2, -0.15) is 0 Å². The van der Waals surface area contributed by atoms with Gasteiger partial charge in [0, 0.05) is 28.6 Å². The van der Waals surface area contributed by atoms with Crippen LogP contribution in [0.3, 0.4) is 0 Å². The zero-order valence-electron chi connectivity index (χ0n) is 24.4. The van der Waals surface area contributed by atoms with Crippen molar-refractivity contribution in [3.8, 4) is 22.6 Å². The number of anilines is 1. The number of carbonyl (C=O) groups excluding carboxylic acids is 1. The maximum atomic E-state index is 13.4. The molecule has 224 valence electrons. The van der Waals surface area contributed by atoms with E-state index in [1.807, 2.05) is 91.0 Å². The van der Waals surface area contributed by atoms with Crippen molar-refractivity contribution in [3.05, 3.63) is 137 Å². The van der Waals surface area contributed by atoms with Gasteiger partial charge in [-0.3, -0.25) is 4.79 Å². The second-order valence-electron chi connectivity index (χ2n) is 10.6. The van der Waals surface area contributed by atoms with E-state index in [-0.39, 0.29) is 17.9 Å². The average molecular weight is 609 g/mol. The molecule has 0 fully saturated rings. The van der Waals surface area contributed by atoms with E-state index in [2.05, 4.69) is 17.6 Å². The fourth-order valence-corrected chi connectivity index (χ4v) is 5.27. The first-order chi connectivity index (χ1) is 21.3. The van der Waals surface area contributed by atoms with Crippen LogP contribution in [0, 0.1) is 5.92 Å². The predicted octanol–water partition coefficient (Wildman–Crippen LogP) is 8.09. The Morgan fingerprint density at radius 3 is 2.39 bits per heavy atom. The maximum absolute atomic E-state index is 13.4. The third-order valence-electron chi connectivity index (χ3n) is 7.38. The lowest BCUT2D eigenvalue weighted by Crippen LogP contribution is -2.42. The number of benzene rings is 4. The van der Waals surface area contributed by atoms with E-state index in [9.17, 15) is 14.7 Å². The number of hydrogen-bond donors (Lipinski definition) is 3. The van der Waals surface area contributed by atoms with Gasteiger partial charge >= 0.3 is 5.97 Å². The van der Waals surface area contributed by atoms with E-state index in [4.69, 9.17) is 21.1 Å². The van der Waals surface area contributed by atoms with Gasteiger partial charge in [0.25, 0.3) is 5.91 Å². The summed E-state index contributed by atoms with van der Waals surface area (Å²) in [5, 5.41) is 16.4. The van der Waals surface area contributed by atoms with Gasteiger partial charge in [0.15, 0.2) is 0 Å². The van der Waals surface area contributed by atoms with Crippen LogP contribution in [-0.4, -0.2) is 30.1 Å². The summed E-state index contributed by atoms with van der Waals surface area (Å²) in [4.78, 5) is 25.7. The number of carbonyl (C=O) groups is 2. The van der Waals surface area contributed by atoms with E-state index in [1.54, 1.807) is 19.2 Å². The van der Waals surface area contributed by atoms with Crippen LogP contribution in [0.1, 0.15) is 29.3 Å². The number of rotatable bonds is 11. The van der Waals surface area contributed by atoms with Crippen molar-refractivity contribution >= 4 is 29.2 Å². The summed E-state index contributed by atoms with van der Waals surface area (Å²) in [6, 6.07) is 28.6. The molecule has 0 saturated heterocycles. The molecule has 0 spiro atoms. The van der Waals surface area contributed by atoms with Crippen LogP contribution in [0.5, 0.6) is 11.5 Å². The summed E-state index contributed by atoms with van der Waals surface area (Å²) in [6.07, 6.45) is 4.60. The molecule has 2 atom stereocenters. The molecule has 7 nitrogen and oxygen atoms in total. The van der Waals surface area contributed by atoms with E-state index >= 15 is 0 Å². The number of aliphatic carboxylic acids is 1. The molecule has 0 aliphatic heterocycles. The summed E-state index contributed by atoms with van der Waals surface area (Å²) in [7, 11) is 1.64. The maximum Gasteiger partial charge on any atom is 0.326 e. The highest BCUT2D eigenvalue weighted by atomic mass is 35.5. The van der Waals surface area contributed by atoms with Crippen LogP contribution >= 0.6 is 11.6 Å². The summed E-state index contributed by atoms with van der Waals surface area (Å²) >= 11 is 6.24. The fourth-order valence-electron chi connectivity index (χ4n) is 5.10. The number of hydrogen-bond acceptors (Lipinski definition) is 5. The van der Waals surface area contributed by atoms with Gasteiger partial charge < -0.3 is 25.2 Å². The van der Waals surface area contributed by atoms with Crippen molar-refractivity contribution in [2.75, 3.05) is 12.4 Å². The summed E-state index contributed by atoms with van der Waals surface area (Å²) < 4.78 is 11.5. The lowest BCUT2D eigenvalue weighted by atomic mass is 9.97. The first-order valence-corrected chi connectivity index (χ1v) is 14.6. The number of carboxylic acid groups (broad SMARTS) is 1. The lowest BCUT2D eigenvalue weighted by Gasteiger charge is -2.23. The van der Waals surface area contributed by atoms with Gasteiger partial charge in [-0.25, -0.2) is 4.79 Å². The van der Waals surface area contributed by atoms with Crippen LogP contribution in [-0.2, 0) is 16.0 Å². The molecule has 0 saturated carbocycles. The summed E-state index contributed by atoms with van der Waals surface area (Å²) in [5.41, 5.74) is 4.27. The lowest BCUT2D eigenvalue weighted by molar-refractivity contribution is -0.139. The minimum Gasteiger partial charge on any atom is -0.501 e. The Balaban J connectivity index is 1.30. The molecular weight excluding hydrogens is 576 g/mol. The van der Waals surface area contributed by atoms with Crippen molar-refractivity contribution in [1.82, 2.24) is 5.32 Å². The number of nitrogens with one attached hydrogen (secondary N) is 2. The molecular formula is C36H33ClN2O5. The Morgan fingerprint density at radius 2 is 1.68 bits per heavy atom. The van der Waals surface area contributed by atoms with E-state index in [0.29, 0.717) is 22.9 Å². The highest BCUT2D eigenvalue weighted by Gasteiger charge is 2.24. The Morgan fingerprint density at radius 1 is 0.955 bits per heavy atom. The standard InChI is InChI=1S/C36H33ClN2O5/c1-23-20-27(17-19-33(23)43-2)38-31-18-16-26(37)22-30(31)35(40)39-32(36(41)42)21-24-12-14-25(15-13-24)29-10-6-7-11-34(29)44-28-8-4-3-5-9-28/h3-19,22-23,32,38H,20-21H2,1-2H3,(H,39,40)(H,41,42)/t23?,32-/m0/s1. The summed E-state index contributed by atoms with van der Waals surface area (Å²) in [5.74, 6) is 0.819. The molecule has 1 amide bonds. The van der Waals surface area contributed by atoms with Crippen molar-refractivity contribution < 1.29 is 24.2 Å². The molecule has 0 radical (unpaired) electrons. The molecule has 4 aromatic rings. The second-order valence-corrected chi connectivity index (χ2v) is 11.0. The third kappa shape index (κ3) is 7.49. The molecule has 0 heterocycles. The molecule has 44 heavy (non-hydrogen) atoms. The normalized spacial score (nSPS) is 14.9. The van der Waals surface area contributed by atoms with Crippen LogP contribution in [0.25, 0.3) is 11.1 Å². The van der Waals surface area contributed by atoms with Crippen molar-refractivity contribution in [3.63, 3.8) is 0 Å². The van der Waals surface area contributed by atoms with Crippen LogP contribution < -0.4 is 15.4 Å². The van der Waals surface area contributed by atoms with E-state index < -0.39 is 17.9 Å². The fraction of sp³-hybridized carbons (Fsp3) is 0.167. The SMILES string of the molecule is COC1=CC=C(Nc2ccc(Cl)cc2C(=O)N[C@@H](Cc2ccc(-c3ccccc3Oc3ccccc3)cc2)C(=O)O)CC1C. The van der Waals surface area contributed by atoms with Gasteiger partial charge in [-0.05, 0) is 66.1 Å². The van der Waals surface area contributed by atoms with Crippen molar-refractivity contribution in [2.24, 2.45) is 5.92 Å². The molecule has 4 aromatic carbocycles. The minimum atomic E-state index is -1.16. The highest BCUT2D eigenvalue weighted by Crippen LogP contribution is 2.33. The first-order valence-electron chi connectivity index (χ1n) is 14.3. The number of carboxylic acids is 1. The average Bonchev–Trinajstić information content (AvgIpc) is 3.03. The topological polar surface area (TPSA) is 96.9 Å². The van der Waals surface area contributed by atoms with Crippen LogP contribution in [0.15, 0.2) is 121 Å². The molecule has 5 rings (SSSR count). The predicted molar refractivity (Wildman–Crippen MR) is 173 cm³/mol. The molecule has 1 aliphatic carbocycles. The summed E-state index contributed by atoms with van der Waals surface area (Å²) in [6.45, 7) is 2.06. The number of ether oxygens (including phenoxy) is 2. The number of methoxy groups -OCH3 is 1.